The van der Waals surface area contributed by atoms with Gasteiger partial charge in [-0.3, -0.25) is 9.10 Å². The minimum absolute atomic E-state index is 0.0731. The smallest absolute Gasteiger partial charge is 0.264 e. The number of carbonyl (C=O) groups excluding carboxylic acids is 1. The number of anilines is 1. The number of hydrogen-bond acceptors (Lipinski definition) is 4. The Morgan fingerprint density at radius 3 is 2.41 bits per heavy atom. The summed E-state index contributed by atoms with van der Waals surface area (Å²) in [6, 6.07) is 14.0. The van der Waals surface area contributed by atoms with Gasteiger partial charge >= 0.3 is 0 Å². The van der Waals surface area contributed by atoms with Gasteiger partial charge in [-0.15, -0.1) is 0 Å². The van der Waals surface area contributed by atoms with Gasteiger partial charge in [0.15, 0.2) is 0 Å². The van der Waals surface area contributed by atoms with Gasteiger partial charge in [0.25, 0.3) is 10.0 Å². The second-order valence-electron chi connectivity index (χ2n) is 10.4. The van der Waals surface area contributed by atoms with Gasteiger partial charge in [-0.1, -0.05) is 49.1 Å². The molecule has 1 aliphatic carbocycles. The summed E-state index contributed by atoms with van der Waals surface area (Å²) in [7, 11) is -2.63. The molecule has 1 saturated carbocycles. The molecule has 0 spiro atoms. The summed E-state index contributed by atoms with van der Waals surface area (Å²) in [5, 5.41) is 0.335. The Morgan fingerprint density at radius 1 is 1.02 bits per heavy atom. The number of sulfonamides is 1. The molecule has 3 aromatic carbocycles. The molecule has 0 N–H and O–H groups in total. The molecule has 3 aromatic rings. The van der Waals surface area contributed by atoms with Crippen LogP contribution in [0.4, 0.5) is 14.5 Å². The summed E-state index contributed by atoms with van der Waals surface area (Å²) >= 11 is 5.96. The topological polar surface area (TPSA) is 66.9 Å². The monoisotopic (exact) mass is 604 g/mol. The van der Waals surface area contributed by atoms with E-state index >= 15 is 4.39 Å². The van der Waals surface area contributed by atoms with Crippen molar-refractivity contribution in [3.8, 4) is 5.75 Å². The van der Waals surface area contributed by atoms with Crippen LogP contribution in [0.3, 0.4) is 0 Å². The maximum atomic E-state index is 15.1. The second-order valence-corrected chi connectivity index (χ2v) is 12.7. The van der Waals surface area contributed by atoms with Crippen LogP contribution in [0.5, 0.6) is 5.75 Å². The SMILES string of the molecule is CC(c1ccccc1OCCN(C)C(=O)CC1CCCCC1)N(c1cc(F)ccc1F)S(=O)(=O)c1ccc(Cl)cc1. The number of likely N-dealkylation sites (N-methyl/N-ethyl adjacent to an activating group) is 1. The largest absolute Gasteiger partial charge is 0.491 e. The number of nitrogens with zero attached hydrogens (tertiary/aromatic N) is 2. The van der Waals surface area contributed by atoms with Crippen molar-refractivity contribution in [3.63, 3.8) is 0 Å². The van der Waals surface area contributed by atoms with Gasteiger partial charge < -0.3 is 9.64 Å². The summed E-state index contributed by atoms with van der Waals surface area (Å²) in [4.78, 5) is 14.2. The van der Waals surface area contributed by atoms with E-state index in [1.165, 1.54) is 43.5 Å². The molecule has 0 aliphatic heterocycles. The highest BCUT2D eigenvalue weighted by Gasteiger charge is 2.34. The Morgan fingerprint density at radius 2 is 1.71 bits per heavy atom. The normalized spacial score (nSPS) is 14.9. The third kappa shape index (κ3) is 7.57. The predicted molar refractivity (Wildman–Crippen MR) is 157 cm³/mol. The number of para-hydroxylation sites is 1. The van der Waals surface area contributed by atoms with Crippen LogP contribution in [-0.2, 0) is 14.8 Å². The molecule has 0 saturated heterocycles. The second kappa shape index (κ2) is 13.7. The zero-order valence-corrected chi connectivity index (χ0v) is 24.8. The van der Waals surface area contributed by atoms with Gasteiger partial charge in [0, 0.05) is 30.1 Å². The van der Waals surface area contributed by atoms with Gasteiger partial charge in [-0.05, 0) is 68.1 Å². The highest BCUT2D eigenvalue weighted by molar-refractivity contribution is 7.92. The van der Waals surface area contributed by atoms with Crippen LogP contribution >= 0.6 is 11.6 Å². The van der Waals surface area contributed by atoms with Crippen LogP contribution in [0.1, 0.15) is 57.1 Å². The van der Waals surface area contributed by atoms with E-state index in [0.717, 1.165) is 35.3 Å². The van der Waals surface area contributed by atoms with E-state index in [4.69, 9.17) is 16.3 Å². The number of halogens is 3. The maximum Gasteiger partial charge on any atom is 0.264 e. The van der Waals surface area contributed by atoms with E-state index in [1.807, 2.05) is 0 Å². The standard InChI is InChI=1S/C31H35ClF2N2O4S/c1-22(36(29-21-25(33)14-17-28(29)34)41(38,39)26-15-12-24(32)13-16-26)27-10-6-7-11-30(27)40-19-18-35(2)31(37)20-23-8-4-3-5-9-23/h6-7,10-17,21-23H,3-5,8-9,18-20H2,1-2H3. The van der Waals surface area contributed by atoms with Crippen molar-refractivity contribution >= 4 is 33.2 Å². The molecule has 0 heterocycles. The lowest BCUT2D eigenvalue weighted by Gasteiger charge is -2.32. The first-order valence-electron chi connectivity index (χ1n) is 13.8. The van der Waals surface area contributed by atoms with Crippen molar-refractivity contribution in [3.05, 3.63) is 89.0 Å². The quantitative estimate of drug-likeness (QED) is 0.229. The molecule has 1 fully saturated rings. The summed E-state index contributed by atoms with van der Waals surface area (Å²) < 4.78 is 64.0. The van der Waals surface area contributed by atoms with Crippen molar-refractivity contribution in [1.82, 2.24) is 4.90 Å². The Labute approximate surface area is 245 Å². The zero-order chi connectivity index (χ0) is 29.6. The van der Waals surface area contributed by atoms with Crippen molar-refractivity contribution in [1.29, 1.82) is 0 Å². The first-order valence-corrected chi connectivity index (χ1v) is 15.6. The summed E-state index contributed by atoms with van der Waals surface area (Å²) in [5.74, 6) is -0.800. The van der Waals surface area contributed by atoms with Gasteiger partial charge in [0.1, 0.15) is 24.0 Å². The van der Waals surface area contributed by atoms with E-state index in [9.17, 15) is 17.6 Å². The molecule has 1 amide bonds. The molecule has 41 heavy (non-hydrogen) atoms. The Hall–Kier alpha value is -3.17. The van der Waals surface area contributed by atoms with Crippen molar-refractivity contribution in [2.45, 2.75) is 56.4 Å². The highest BCUT2D eigenvalue weighted by Crippen LogP contribution is 2.38. The van der Waals surface area contributed by atoms with Crippen molar-refractivity contribution in [2.24, 2.45) is 5.92 Å². The molecule has 1 atom stereocenters. The molecule has 4 rings (SSSR count). The Kier molecular flexibility index (Phi) is 10.3. The number of rotatable bonds is 11. The van der Waals surface area contributed by atoms with Crippen LogP contribution in [0, 0.1) is 17.6 Å². The molecule has 1 aliphatic rings. The number of benzene rings is 3. The fraction of sp³-hybridized carbons (Fsp3) is 0.387. The van der Waals surface area contributed by atoms with Crippen LogP contribution < -0.4 is 9.04 Å². The van der Waals surface area contributed by atoms with Gasteiger partial charge in [-0.25, -0.2) is 17.2 Å². The summed E-state index contributed by atoms with van der Waals surface area (Å²) in [5.41, 5.74) is 0.0141. The van der Waals surface area contributed by atoms with E-state index in [2.05, 4.69) is 0 Å². The van der Waals surface area contributed by atoms with Gasteiger partial charge in [0.2, 0.25) is 5.91 Å². The average molecular weight is 605 g/mol. The van der Waals surface area contributed by atoms with Crippen molar-refractivity contribution in [2.75, 3.05) is 24.5 Å². The first kappa shape index (κ1) is 30.8. The minimum atomic E-state index is -4.37. The number of amides is 1. The van der Waals surface area contributed by atoms with Gasteiger partial charge in [0.05, 0.1) is 23.2 Å². The summed E-state index contributed by atoms with van der Waals surface area (Å²) in [6.07, 6.45) is 6.27. The summed E-state index contributed by atoms with van der Waals surface area (Å²) in [6.45, 7) is 2.11. The van der Waals surface area contributed by atoms with E-state index in [0.29, 0.717) is 35.2 Å². The number of carbonyl (C=O) groups is 1. The van der Waals surface area contributed by atoms with E-state index < -0.39 is 33.4 Å². The highest BCUT2D eigenvalue weighted by atomic mass is 35.5. The maximum absolute atomic E-state index is 15.1. The van der Waals surface area contributed by atoms with E-state index in [1.54, 1.807) is 43.1 Å². The van der Waals surface area contributed by atoms with Crippen LogP contribution in [0.2, 0.25) is 5.02 Å². The lowest BCUT2D eigenvalue weighted by atomic mass is 9.87. The fourth-order valence-electron chi connectivity index (χ4n) is 5.22. The molecule has 0 radical (unpaired) electrons. The molecule has 220 valence electrons. The number of ether oxygens (including phenoxy) is 1. The number of hydrogen-bond donors (Lipinski definition) is 0. The molecule has 10 heteroatoms. The third-order valence-corrected chi connectivity index (χ3v) is 9.69. The van der Waals surface area contributed by atoms with Crippen LogP contribution in [-0.4, -0.2) is 39.4 Å². The minimum Gasteiger partial charge on any atom is -0.491 e. The molecule has 0 bridgehead atoms. The Balaban J connectivity index is 1.57. The lowest BCUT2D eigenvalue weighted by molar-refractivity contribution is -0.131. The van der Waals surface area contributed by atoms with Crippen molar-refractivity contribution < 1.29 is 26.7 Å². The molecular weight excluding hydrogens is 570 g/mol. The van der Waals surface area contributed by atoms with Crippen LogP contribution in [0.25, 0.3) is 0 Å². The van der Waals surface area contributed by atoms with Crippen LogP contribution in [0.15, 0.2) is 71.6 Å². The molecule has 1 unspecified atom stereocenters. The average Bonchev–Trinajstić information content (AvgIpc) is 2.95. The first-order chi connectivity index (χ1) is 19.6. The predicted octanol–water partition coefficient (Wildman–Crippen LogP) is 7.38. The van der Waals surface area contributed by atoms with Gasteiger partial charge in [-0.2, -0.15) is 0 Å². The molecule has 0 aromatic heterocycles. The Bertz CT molecular complexity index is 1450. The van der Waals surface area contributed by atoms with E-state index in [-0.39, 0.29) is 17.4 Å². The molecular formula is C31H35ClF2N2O4S. The fourth-order valence-corrected chi connectivity index (χ4v) is 6.98. The third-order valence-electron chi connectivity index (χ3n) is 7.53. The zero-order valence-electron chi connectivity index (χ0n) is 23.2. The lowest BCUT2D eigenvalue weighted by Crippen LogP contribution is -2.35. The molecule has 6 nitrogen and oxygen atoms in total.